The van der Waals surface area contributed by atoms with Gasteiger partial charge in [0.1, 0.15) is 5.69 Å². The van der Waals surface area contributed by atoms with Gasteiger partial charge < -0.3 is 4.90 Å². The Hall–Kier alpha value is -3.03. The Morgan fingerprint density at radius 3 is 2.92 bits per heavy atom. The first-order valence-electron chi connectivity index (χ1n) is 8.22. The molecule has 1 saturated heterocycles. The Kier molecular flexibility index (Phi) is 3.60. The van der Waals surface area contributed by atoms with Crippen molar-refractivity contribution >= 4 is 11.6 Å². The number of rotatable bonds is 2. The Labute approximate surface area is 143 Å². The third-order valence-electron chi connectivity index (χ3n) is 4.76. The van der Waals surface area contributed by atoms with Crippen LogP contribution in [0.1, 0.15) is 46.3 Å². The van der Waals surface area contributed by atoms with Crippen LogP contribution < -0.4 is 5.56 Å². The number of carbonyl (C=O) groups is 1. The van der Waals surface area contributed by atoms with Crippen LogP contribution in [0.15, 0.2) is 29.5 Å². The molecule has 0 radical (unpaired) electrons. The molecule has 0 aromatic carbocycles. The SMILES string of the molecule is Cc1nc2cc(C3CCCN3C(=O)c3cnccn3)[nH]n2c(=O)c1C. The summed E-state index contributed by atoms with van der Waals surface area (Å²) in [6.45, 7) is 4.23. The molecule has 8 nitrogen and oxygen atoms in total. The van der Waals surface area contributed by atoms with Gasteiger partial charge in [-0.05, 0) is 26.7 Å². The summed E-state index contributed by atoms with van der Waals surface area (Å²) in [7, 11) is 0. The number of H-pyrrole nitrogens is 1. The molecule has 1 aliphatic rings. The number of amides is 1. The Morgan fingerprint density at radius 1 is 1.32 bits per heavy atom. The van der Waals surface area contributed by atoms with Crippen LogP contribution in [0.2, 0.25) is 0 Å². The van der Waals surface area contributed by atoms with E-state index in [1.165, 1.54) is 16.9 Å². The summed E-state index contributed by atoms with van der Waals surface area (Å²) in [6, 6.07) is 1.72. The summed E-state index contributed by atoms with van der Waals surface area (Å²) in [5, 5.41) is 3.12. The summed E-state index contributed by atoms with van der Waals surface area (Å²) in [5.41, 5.74) is 2.93. The zero-order valence-corrected chi connectivity index (χ0v) is 14.1. The fraction of sp³-hybridized carbons (Fsp3) is 0.353. The lowest BCUT2D eigenvalue weighted by Gasteiger charge is -2.23. The number of carbonyl (C=O) groups excluding carboxylic acids is 1. The monoisotopic (exact) mass is 338 g/mol. The Bertz CT molecular complexity index is 1010. The fourth-order valence-corrected chi connectivity index (χ4v) is 3.30. The molecule has 0 aliphatic carbocycles. The van der Waals surface area contributed by atoms with Gasteiger partial charge in [0, 0.05) is 36.3 Å². The molecule has 1 atom stereocenters. The first-order chi connectivity index (χ1) is 12.1. The standard InChI is InChI=1S/C17H18N6O2/c1-10-11(2)20-15-8-12(21-23(15)16(10)24)14-4-3-7-22(14)17(25)13-9-18-5-6-19-13/h5-6,8-9,14,21H,3-4,7H2,1-2H3. The largest absolute Gasteiger partial charge is 0.329 e. The number of nitrogens with one attached hydrogen (secondary N) is 1. The maximum Gasteiger partial charge on any atom is 0.275 e. The zero-order chi connectivity index (χ0) is 17.6. The normalized spacial score (nSPS) is 17.4. The van der Waals surface area contributed by atoms with Crippen molar-refractivity contribution in [3.8, 4) is 0 Å². The summed E-state index contributed by atoms with van der Waals surface area (Å²) in [4.78, 5) is 39.5. The van der Waals surface area contributed by atoms with Crippen LogP contribution >= 0.6 is 0 Å². The van der Waals surface area contributed by atoms with Crippen molar-refractivity contribution in [3.63, 3.8) is 0 Å². The molecule has 3 aromatic heterocycles. The van der Waals surface area contributed by atoms with E-state index in [-0.39, 0.29) is 17.5 Å². The number of aromatic nitrogens is 5. The van der Waals surface area contributed by atoms with Crippen molar-refractivity contribution in [3.05, 3.63) is 57.7 Å². The predicted molar refractivity (Wildman–Crippen MR) is 90.3 cm³/mol. The van der Waals surface area contributed by atoms with Crippen molar-refractivity contribution in [2.45, 2.75) is 32.7 Å². The van der Waals surface area contributed by atoms with Crippen LogP contribution in [0.4, 0.5) is 0 Å². The van der Waals surface area contributed by atoms with Gasteiger partial charge in [0.05, 0.1) is 17.9 Å². The number of hydrogen-bond acceptors (Lipinski definition) is 5. The maximum absolute atomic E-state index is 12.7. The van der Waals surface area contributed by atoms with E-state index < -0.39 is 0 Å². The highest BCUT2D eigenvalue weighted by atomic mass is 16.2. The lowest BCUT2D eigenvalue weighted by molar-refractivity contribution is 0.0726. The Morgan fingerprint density at radius 2 is 2.16 bits per heavy atom. The van der Waals surface area contributed by atoms with E-state index in [9.17, 15) is 9.59 Å². The third kappa shape index (κ3) is 2.50. The van der Waals surface area contributed by atoms with E-state index in [4.69, 9.17) is 0 Å². The van der Waals surface area contributed by atoms with Gasteiger partial charge in [0.2, 0.25) is 0 Å². The average molecular weight is 338 g/mol. The maximum atomic E-state index is 12.7. The van der Waals surface area contributed by atoms with Gasteiger partial charge in [-0.15, -0.1) is 0 Å². The van der Waals surface area contributed by atoms with Gasteiger partial charge in [-0.25, -0.2) is 14.5 Å². The van der Waals surface area contributed by atoms with Crippen molar-refractivity contribution < 1.29 is 4.79 Å². The molecular weight excluding hydrogens is 320 g/mol. The van der Waals surface area contributed by atoms with Crippen LogP contribution in [-0.2, 0) is 0 Å². The van der Waals surface area contributed by atoms with Crippen molar-refractivity contribution in [2.75, 3.05) is 6.54 Å². The molecule has 0 spiro atoms. The quantitative estimate of drug-likeness (QED) is 0.762. The molecule has 0 bridgehead atoms. The van der Waals surface area contributed by atoms with Gasteiger partial charge in [-0.2, -0.15) is 0 Å². The van der Waals surface area contributed by atoms with Crippen molar-refractivity contribution in [1.29, 1.82) is 0 Å². The highest BCUT2D eigenvalue weighted by Gasteiger charge is 2.32. The molecule has 3 aromatic rings. The Balaban J connectivity index is 1.73. The first-order valence-corrected chi connectivity index (χ1v) is 8.22. The van der Waals surface area contributed by atoms with Gasteiger partial charge in [-0.1, -0.05) is 0 Å². The highest BCUT2D eigenvalue weighted by Crippen LogP contribution is 2.32. The van der Waals surface area contributed by atoms with Crippen LogP contribution in [-0.4, -0.2) is 41.9 Å². The van der Waals surface area contributed by atoms with E-state index >= 15 is 0 Å². The van der Waals surface area contributed by atoms with E-state index in [1.807, 2.05) is 13.0 Å². The van der Waals surface area contributed by atoms with Gasteiger partial charge in [0.25, 0.3) is 11.5 Å². The topological polar surface area (TPSA) is 96.2 Å². The van der Waals surface area contributed by atoms with Crippen molar-refractivity contribution in [1.82, 2.24) is 29.5 Å². The number of nitrogens with zero attached hydrogens (tertiary/aromatic N) is 5. The zero-order valence-electron chi connectivity index (χ0n) is 14.1. The molecule has 1 fully saturated rings. The second kappa shape index (κ2) is 5.80. The lowest BCUT2D eigenvalue weighted by atomic mass is 10.1. The second-order valence-corrected chi connectivity index (χ2v) is 6.28. The molecule has 4 rings (SSSR count). The van der Waals surface area contributed by atoms with Crippen LogP contribution in [0, 0.1) is 13.8 Å². The number of aromatic amines is 1. The number of fused-ring (bicyclic) bond motifs is 1. The minimum atomic E-state index is -0.151. The van der Waals surface area contributed by atoms with Crippen LogP contribution in [0.3, 0.4) is 0 Å². The van der Waals surface area contributed by atoms with Crippen LogP contribution in [0.5, 0.6) is 0 Å². The highest BCUT2D eigenvalue weighted by molar-refractivity contribution is 5.92. The first kappa shape index (κ1) is 15.5. The molecule has 0 saturated carbocycles. The smallest absolute Gasteiger partial charge is 0.275 e. The van der Waals surface area contributed by atoms with Crippen LogP contribution in [0.25, 0.3) is 5.65 Å². The third-order valence-corrected chi connectivity index (χ3v) is 4.76. The fourth-order valence-electron chi connectivity index (χ4n) is 3.30. The molecule has 8 heteroatoms. The summed E-state index contributed by atoms with van der Waals surface area (Å²) in [5.74, 6) is -0.151. The molecule has 1 amide bonds. The minimum Gasteiger partial charge on any atom is -0.329 e. The summed E-state index contributed by atoms with van der Waals surface area (Å²) in [6.07, 6.45) is 6.24. The molecule has 25 heavy (non-hydrogen) atoms. The molecular formula is C17H18N6O2. The van der Waals surface area contributed by atoms with Gasteiger partial charge >= 0.3 is 0 Å². The summed E-state index contributed by atoms with van der Waals surface area (Å²) < 4.78 is 1.45. The number of hydrogen-bond donors (Lipinski definition) is 1. The number of aryl methyl sites for hydroxylation is 1. The molecule has 1 aliphatic heterocycles. The second-order valence-electron chi connectivity index (χ2n) is 6.28. The van der Waals surface area contributed by atoms with Gasteiger partial charge in [-0.3, -0.25) is 19.7 Å². The number of likely N-dealkylation sites (tertiary alicyclic amines) is 1. The van der Waals surface area contributed by atoms with E-state index in [2.05, 4.69) is 20.1 Å². The predicted octanol–water partition coefficient (Wildman–Crippen LogP) is 1.41. The van der Waals surface area contributed by atoms with E-state index in [1.54, 1.807) is 18.0 Å². The van der Waals surface area contributed by atoms with Crippen molar-refractivity contribution in [2.24, 2.45) is 0 Å². The van der Waals surface area contributed by atoms with E-state index in [0.717, 1.165) is 24.2 Å². The van der Waals surface area contributed by atoms with Gasteiger partial charge in [0.15, 0.2) is 5.65 Å². The molecule has 4 heterocycles. The lowest BCUT2D eigenvalue weighted by Crippen LogP contribution is -2.31. The van der Waals surface area contributed by atoms with E-state index in [0.29, 0.717) is 23.4 Å². The molecule has 128 valence electrons. The molecule has 1 unspecified atom stereocenters. The molecule has 1 N–H and O–H groups in total. The average Bonchev–Trinajstić information content (AvgIpc) is 3.26. The minimum absolute atomic E-state index is 0.112. The summed E-state index contributed by atoms with van der Waals surface area (Å²) >= 11 is 0.